The van der Waals surface area contributed by atoms with Gasteiger partial charge in [0.2, 0.25) is 0 Å². The monoisotopic (exact) mass is 324 g/mol. The van der Waals surface area contributed by atoms with Gasteiger partial charge >= 0.3 is 0 Å². The van der Waals surface area contributed by atoms with Crippen LogP contribution in [0.25, 0.3) is 0 Å². The number of pyridine rings is 1. The number of para-hydroxylation sites is 1. The maximum Gasteiger partial charge on any atom is 0.166 e. The summed E-state index contributed by atoms with van der Waals surface area (Å²) in [6.45, 7) is 0.620. The highest BCUT2D eigenvalue weighted by atomic mass is 79.9. The Morgan fingerprint density at radius 1 is 1.37 bits per heavy atom. The fourth-order valence-electron chi connectivity index (χ4n) is 1.71. The number of halogens is 2. The van der Waals surface area contributed by atoms with Crippen LogP contribution in [0.1, 0.15) is 5.56 Å². The molecular formula is C14H14BrFN2O. The molecule has 0 spiro atoms. The highest BCUT2D eigenvalue weighted by molar-refractivity contribution is 9.10. The van der Waals surface area contributed by atoms with Gasteiger partial charge in [-0.15, -0.1) is 0 Å². The number of benzene rings is 1. The fourth-order valence-corrected chi connectivity index (χ4v) is 2.01. The molecule has 1 heterocycles. The molecule has 0 saturated heterocycles. The Morgan fingerprint density at radius 2 is 2.16 bits per heavy atom. The third-order valence-corrected chi connectivity index (χ3v) is 3.09. The minimum Gasteiger partial charge on any atom is -0.384 e. The Hall–Kier alpha value is -1.46. The van der Waals surface area contributed by atoms with E-state index in [9.17, 15) is 4.39 Å². The van der Waals surface area contributed by atoms with Crippen molar-refractivity contribution in [3.63, 3.8) is 0 Å². The van der Waals surface area contributed by atoms with E-state index in [-0.39, 0.29) is 5.82 Å². The lowest BCUT2D eigenvalue weighted by atomic mass is 10.1. The van der Waals surface area contributed by atoms with Crippen molar-refractivity contribution in [2.45, 2.75) is 6.42 Å². The largest absolute Gasteiger partial charge is 0.384 e. The summed E-state index contributed by atoms with van der Waals surface area (Å²) in [5.41, 5.74) is 1.90. The van der Waals surface area contributed by atoms with Crippen molar-refractivity contribution in [3.8, 4) is 0 Å². The lowest BCUT2D eigenvalue weighted by Gasteiger charge is -2.11. The van der Waals surface area contributed by atoms with Crippen LogP contribution in [0.4, 0.5) is 15.9 Å². The van der Waals surface area contributed by atoms with Gasteiger partial charge in [-0.2, -0.15) is 0 Å². The summed E-state index contributed by atoms with van der Waals surface area (Å²) >= 11 is 3.18. The van der Waals surface area contributed by atoms with Crippen LogP contribution in [0.2, 0.25) is 0 Å². The topological polar surface area (TPSA) is 34.1 Å². The second-order valence-corrected chi connectivity index (χ2v) is 4.92. The van der Waals surface area contributed by atoms with Crippen LogP contribution in [-0.2, 0) is 11.2 Å². The molecule has 0 radical (unpaired) electrons. The predicted octanol–water partition coefficient (Wildman–Crippen LogP) is 3.92. The average molecular weight is 325 g/mol. The first kappa shape index (κ1) is 14.0. The van der Waals surface area contributed by atoms with Crippen LogP contribution in [-0.4, -0.2) is 18.7 Å². The highest BCUT2D eigenvalue weighted by Gasteiger charge is 2.07. The molecule has 2 rings (SSSR count). The van der Waals surface area contributed by atoms with E-state index in [1.165, 1.54) is 6.07 Å². The van der Waals surface area contributed by atoms with Crippen molar-refractivity contribution in [3.05, 3.63) is 52.4 Å². The number of hydrogen-bond donors (Lipinski definition) is 1. The van der Waals surface area contributed by atoms with Gasteiger partial charge in [0.25, 0.3) is 0 Å². The van der Waals surface area contributed by atoms with Crippen molar-refractivity contribution in [2.75, 3.05) is 19.0 Å². The Kier molecular flexibility index (Phi) is 4.87. The van der Waals surface area contributed by atoms with E-state index < -0.39 is 5.82 Å². The molecule has 0 aliphatic heterocycles. The van der Waals surface area contributed by atoms with Crippen LogP contribution in [0.3, 0.4) is 0 Å². The summed E-state index contributed by atoms with van der Waals surface area (Å²) in [6.07, 6.45) is 2.32. The van der Waals surface area contributed by atoms with Crippen LogP contribution in [0, 0.1) is 5.82 Å². The first-order valence-electron chi connectivity index (χ1n) is 5.85. The van der Waals surface area contributed by atoms with Crippen molar-refractivity contribution in [1.82, 2.24) is 4.98 Å². The number of nitrogens with zero attached hydrogens (tertiary/aromatic N) is 1. The van der Waals surface area contributed by atoms with E-state index >= 15 is 0 Å². The van der Waals surface area contributed by atoms with Crippen molar-refractivity contribution < 1.29 is 9.13 Å². The standard InChI is InChI=1S/C14H14BrFN2O/c1-19-7-6-10-4-2-3-5-13(10)18-14-12(16)8-11(15)9-17-14/h2-5,8-9H,6-7H2,1H3,(H,17,18). The molecule has 1 aromatic heterocycles. The first-order chi connectivity index (χ1) is 9.20. The maximum absolute atomic E-state index is 13.7. The minimum atomic E-state index is -0.393. The summed E-state index contributed by atoms with van der Waals surface area (Å²) < 4.78 is 19.4. The molecular weight excluding hydrogens is 311 g/mol. The maximum atomic E-state index is 13.7. The molecule has 0 aliphatic carbocycles. The number of methoxy groups -OCH3 is 1. The third kappa shape index (κ3) is 3.75. The van der Waals surface area contributed by atoms with Crippen LogP contribution >= 0.6 is 15.9 Å². The second-order valence-electron chi connectivity index (χ2n) is 4.01. The molecule has 2 aromatic rings. The molecule has 5 heteroatoms. The van der Waals surface area contributed by atoms with Gasteiger partial charge in [0.1, 0.15) is 0 Å². The predicted molar refractivity (Wildman–Crippen MR) is 77.2 cm³/mol. The van der Waals surface area contributed by atoms with Gasteiger partial charge in [-0.1, -0.05) is 18.2 Å². The van der Waals surface area contributed by atoms with Gasteiger partial charge in [0, 0.05) is 23.5 Å². The van der Waals surface area contributed by atoms with Crippen LogP contribution in [0.15, 0.2) is 41.0 Å². The lowest BCUT2D eigenvalue weighted by molar-refractivity contribution is 0.202. The zero-order chi connectivity index (χ0) is 13.7. The van der Waals surface area contributed by atoms with Crippen molar-refractivity contribution in [1.29, 1.82) is 0 Å². The van der Waals surface area contributed by atoms with Crippen LogP contribution < -0.4 is 5.32 Å². The van der Waals surface area contributed by atoms with E-state index in [1.54, 1.807) is 13.3 Å². The fraction of sp³-hybridized carbons (Fsp3) is 0.214. The van der Waals surface area contributed by atoms with Crippen molar-refractivity contribution in [2.24, 2.45) is 0 Å². The average Bonchev–Trinajstić information content (AvgIpc) is 2.41. The van der Waals surface area contributed by atoms with E-state index in [1.807, 2.05) is 24.3 Å². The van der Waals surface area contributed by atoms with E-state index in [0.717, 1.165) is 17.7 Å². The van der Waals surface area contributed by atoms with Gasteiger partial charge in [-0.05, 0) is 40.0 Å². The van der Waals surface area contributed by atoms with Gasteiger partial charge in [-0.25, -0.2) is 9.37 Å². The second kappa shape index (κ2) is 6.63. The molecule has 1 N–H and O–H groups in total. The summed E-state index contributed by atoms with van der Waals surface area (Å²) in [6, 6.07) is 9.11. The Bertz CT molecular complexity index is 563. The molecule has 0 saturated carbocycles. The minimum absolute atomic E-state index is 0.216. The molecule has 19 heavy (non-hydrogen) atoms. The van der Waals surface area contributed by atoms with Gasteiger partial charge in [-0.3, -0.25) is 0 Å². The lowest BCUT2D eigenvalue weighted by Crippen LogP contribution is -2.02. The smallest absolute Gasteiger partial charge is 0.166 e. The molecule has 0 amide bonds. The zero-order valence-electron chi connectivity index (χ0n) is 10.5. The zero-order valence-corrected chi connectivity index (χ0v) is 12.1. The molecule has 0 aliphatic rings. The van der Waals surface area contributed by atoms with Gasteiger partial charge in [0.05, 0.1) is 6.61 Å². The molecule has 0 bridgehead atoms. The van der Waals surface area contributed by atoms with Crippen molar-refractivity contribution >= 4 is 27.4 Å². The number of anilines is 2. The van der Waals surface area contributed by atoms with E-state index in [2.05, 4.69) is 26.2 Å². The SMILES string of the molecule is COCCc1ccccc1Nc1ncc(Br)cc1F. The quantitative estimate of drug-likeness (QED) is 0.905. The number of hydrogen-bond acceptors (Lipinski definition) is 3. The normalized spacial score (nSPS) is 10.5. The number of aromatic nitrogens is 1. The third-order valence-electron chi connectivity index (χ3n) is 2.65. The molecule has 0 atom stereocenters. The van der Waals surface area contributed by atoms with Gasteiger partial charge < -0.3 is 10.1 Å². The van der Waals surface area contributed by atoms with Gasteiger partial charge in [0.15, 0.2) is 11.6 Å². The Balaban J connectivity index is 2.22. The van der Waals surface area contributed by atoms with E-state index in [4.69, 9.17) is 4.74 Å². The summed E-state index contributed by atoms with van der Waals surface area (Å²) in [4.78, 5) is 4.03. The number of ether oxygens (including phenoxy) is 1. The van der Waals surface area contributed by atoms with Crippen LogP contribution in [0.5, 0.6) is 0 Å². The Labute approximate surface area is 119 Å². The number of rotatable bonds is 5. The number of nitrogens with one attached hydrogen (secondary N) is 1. The summed E-state index contributed by atoms with van der Waals surface area (Å²) in [5, 5.41) is 3.01. The highest BCUT2D eigenvalue weighted by Crippen LogP contribution is 2.23. The molecule has 0 fully saturated rings. The summed E-state index contributed by atoms with van der Waals surface area (Å²) in [7, 11) is 1.66. The molecule has 0 unspecified atom stereocenters. The molecule has 3 nitrogen and oxygen atoms in total. The first-order valence-corrected chi connectivity index (χ1v) is 6.65. The molecule has 100 valence electrons. The van der Waals surface area contributed by atoms with E-state index in [0.29, 0.717) is 11.1 Å². The molecule has 1 aromatic carbocycles. The summed E-state index contributed by atoms with van der Waals surface area (Å²) in [5.74, 6) is -0.177. The Morgan fingerprint density at radius 3 is 2.89 bits per heavy atom.